The third kappa shape index (κ3) is 3.79. The van der Waals surface area contributed by atoms with Crippen molar-refractivity contribution in [3.05, 3.63) is 47.8 Å². The highest BCUT2D eigenvalue weighted by atomic mass is 32.1. The highest BCUT2D eigenvalue weighted by molar-refractivity contribution is 7.22. The molecule has 0 bridgehead atoms. The van der Waals surface area contributed by atoms with E-state index < -0.39 is 0 Å². The molecule has 0 fully saturated rings. The monoisotopic (exact) mass is 401 g/mol. The first-order valence-electron chi connectivity index (χ1n) is 8.93. The van der Waals surface area contributed by atoms with Crippen LogP contribution in [0.15, 0.2) is 36.4 Å². The number of halogens is 1. The van der Waals surface area contributed by atoms with Crippen LogP contribution in [0.4, 0.5) is 9.52 Å². The van der Waals surface area contributed by atoms with Crippen LogP contribution in [0.2, 0.25) is 0 Å². The lowest BCUT2D eigenvalue weighted by molar-refractivity contribution is 0.0985. The third-order valence-electron chi connectivity index (χ3n) is 4.38. The van der Waals surface area contributed by atoms with E-state index in [1.165, 1.54) is 35.6 Å². The SMILES string of the molecule is CN(C)CCN(C(=O)c1ccc(F)cc1)c1nc2cc3c(cc2s1)OCCO3. The Labute approximate surface area is 166 Å². The summed E-state index contributed by atoms with van der Waals surface area (Å²) in [5.74, 6) is 0.777. The Morgan fingerprint density at radius 1 is 1.11 bits per heavy atom. The molecule has 0 unspecified atom stereocenters. The number of carbonyl (C=O) groups excluding carboxylic acids is 1. The maximum atomic E-state index is 13.2. The van der Waals surface area contributed by atoms with Crippen molar-refractivity contribution in [2.24, 2.45) is 0 Å². The molecule has 28 heavy (non-hydrogen) atoms. The lowest BCUT2D eigenvalue weighted by Crippen LogP contribution is -2.36. The molecule has 1 aliphatic rings. The quantitative estimate of drug-likeness (QED) is 0.656. The van der Waals surface area contributed by atoms with Crippen LogP contribution in [0.3, 0.4) is 0 Å². The largest absolute Gasteiger partial charge is 0.486 e. The first-order chi connectivity index (χ1) is 13.5. The Bertz CT molecular complexity index is 961. The van der Waals surface area contributed by atoms with Gasteiger partial charge < -0.3 is 14.4 Å². The van der Waals surface area contributed by atoms with Crippen LogP contribution >= 0.6 is 11.3 Å². The van der Waals surface area contributed by atoms with E-state index in [1.54, 1.807) is 4.90 Å². The minimum absolute atomic E-state index is 0.210. The van der Waals surface area contributed by atoms with Gasteiger partial charge in [0.2, 0.25) is 0 Å². The maximum absolute atomic E-state index is 13.2. The third-order valence-corrected chi connectivity index (χ3v) is 5.42. The smallest absolute Gasteiger partial charge is 0.260 e. The minimum atomic E-state index is -0.373. The second-order valence-corrected chi connectivity index (χ2v) is 7.74. The lowest BCUT2D eigenvalue weighted by atomic mass is 10.2. The molecule has 0 aliphatic carbocycles. The van der Waals surface area contributed by atoms with E-state index in [9.17, 15) is 9.18 Å². The maximum Gasteiger partial charge on any atom is 0.260 e. The molecule has 8 heteroatoms. The Balaban J connectivity index is 1.70. The van der Waals surface area contributed by atoms with Gasteiger partial charge in [-0.05, 0) is 38.4 Å². The Morgan fingerprint density at radius 2 is 1.79 bits per heavy atom. The van der Waals surface area contributed by atoms with Crippen molar-refractivity contribution >= 4 is 32.6 Å². The molecular formula is C20H20FN3O3S. The zero-order valence-corrected chi connectivity index (χ0v) is 16.5. The number of benzene rings is 2. The van der Waals surface area contributed by atoms with E-state index in [0.29, 0.717) is 48.5 Å². The number of amides is 1. The predicted molar refractivity (Wildman–Crippen MR) is 107 cm³/mol. The number of likely N-dealkylation sites (N-methyl/N-ethyl adjacent to an activating group) is 1. The van der Waals surface area contributed by atoms with Gasteiger partial charge in [-0.15, -0.1) is 0 Å². The zero-order valence-electron chi connectivity index (χ0n) is 15.6. The van der Waals surface area contributed by atoms with Crippen LogP contribution in [0.25, 0.3) is 10.2 Å². The molecule has 0 saturated carbocycles. The molecule has 3 aromatic rings. The molecule has 1 aliphatic heterocycles. The molecule has 0 N–H and O–H groups in total. The summed E-state index contributed by atoms with van der Waals surface area (Å²) in [6.07, 6.45) is 0. The fraction of sp³-hybridized carbons (Fsp3) is 0.300. The van der Waals surface area contributed by atoms with E-state index >= 15 is 0 Å². The lowest BCUT2D eigenvalue weighted by Gasteiger charge is -2.22. The highest BCUT2D eigenvalue weighted by Crippen LogP contribution is 2.39. The van der Waals surface area contributed by atoms with Crippen molar-refractivity contribution < 1.29 is 18.7 Å². The van der Waals surface area contributed by atoms with Gasteiger partial charge in [-0.2, -0.15) is 0 Å². The van der Waals surface area contributed by atoms with Gasteiger partial charge in [0, 0.05) is 30.8 Å². The number of thiazole rings is 1. The number of ether oxygens (including phenoxy) is 2. The molecule has 1 amide bonds. The summed E-state index contributed by atoms with van der Waals surface area (Å²) < 4.78 is 25.4. The second-order valence-electron chi connectivity index (χ2n) is 6.73. The number of rotatable bonds is 5. The Hall–Kier alpha value is -2.71. The zero-order chi connectivity index (χ0) is 19.7. The summed E-state index contributed by atoms with van der Waals surface area (Å²) >= 11 is 1.42. The van der Waals surface area contributed by atoms with Crippen LogP contribution in [-0.2, 0) is 0 Å². The number of aromatic nitrogens is 1. The summed E-state index contributed by atoms with van der Waals surface area (Å²) in [4.78, 5) is 21.4. The van der Waals surface area contributed by atoms with Crippen LogP contribution < -0.4 is 14.4 Å². The van der Waals surface area contributed by atoms with Gasteiger partial charge in [0.15, 0.2) is 16.6 Å². The van der Waals surface area contributed by atoms with Crippen molar-refractivity contribution in [3.8, 4) is 11.5 Å². The molecule has 0 saturated heterocycles. The van der Waals surface area contributed by atoms with Crippen molar-refractivity contribution in [3.63, 3.8) is 0 Å². The van der Waals surface area contributed by atoms with E-state index in [1.807, 2.05) is 31.1 Å². The standard InChI is InChI=1S/C20H20FN3O3S/c1-23(2)7-8-24(19(25)13-3-5-14(21)6-4-13)20-22-15-11-16-17(12-18(15)28-20)27-10-9-26-16/h3-6,11-12H,7-10H2,1-2H3. The number of fused-ring (bicyclic) bond motifs is 2. The van der Waals surface area contributed by atoms with Crippen molar-refractivity contribution in [1.82, 2.24) is 9.88 Å². The molecule has 0 spiro atoms. The van der Waals surface area contributed by atoms with Gasteiger partial charge in [0.1, 0.15) is 19.0 Å². The van der Waals surface area contributed by atoms with Gasteiger partial charge in [-0.1, -0.05) is 11.3 Å². The predicted octanol–water partition coefficient (Wildman–Crippen LogP) is 3.42. The fourth-order valence-electron chi connectivity index (χ4n) is 2.90. The van der Waals surface area contributed by atoms with Crippen molar-refractivity contribution in [2.45, 2.75) is 0 Å². The minimum Gasteiger partial charge on any atom is -0.486 e. The summed E-state index contributed by atoms with van der Waals surface area (Å²) in [6.45, 7) is 2.16. The topological polar surface area (TPSA) is 54.9 Å². The van der Waals surface area contributed by atoms with Crippen LogP contribution in [0.1, 0.15) is 10.4 Å². The first kappa shape index (κ1) is 18.6. The normalized spacial score (nSPS) is 13.1. The van der Waals surface area contributed by atoms with Crippen LogP contribution in [0, 0.1) is 5.82 Å². The molecule has 4 rings (SSSR count). The van der Waals surface area contributed by atoms with Crippen molar-refractivity contribution in [1.29, 1.82) is 0 Å². The van der Waals surface area contributed by atoms with Gasteiger partial charge in [-0.25, -0.2) is 9.37 Å². The Morgan fingerprint density at radius 3 is 2.46 bits per heavy atom. The molecule has 6 nitrogen and oxygen atoms in total. The molecule has 0 radical (unpaired) electrons. The molecule has 2 heterocycles. The van der Waals surface area contributed by atoms with E-state index in [2.05, 4.69) is 4.98 Å². The highest BCUT2D eigenvalue weighted by Gasteiger charge is 2.23. The van der Waals surface area contributed by atoms with Crippen LogP contribution in [-0.4, -0.2) is 56.2 Å². The number of hydrogen-bond acceptors (Lipinski definition) is 6. The number of nitrogens with zero attached hydrogens (tertiary/aromatic N) is 3. The molecule has 0 atom stereocenters. The van der Waals surface area contributed by atoms with Gasteiger partial charge in [0.05, 0.1) is 10.2 Å². The van der Waals surface area contributed by atoms with Crippen molar-refractivity contribution in [2.75, 3.05) is 45.3 Å². The number of anilines is 1. The number of hydrogen-bond donors (Lipinski definition) is 0. The summed E-state index contributed by atoms with van der Waals surface area (Å²) in [6, 6.07) is 9.31. The van der Waals surface area contributed by atoms with Gasteiger partial charge in [-0.3, -0.25) is 9.69 Å². The molecule has 2 aromatic carbocycles. The summed E-state index contributed by atoms with van der Waals surface area (Å²) in [7, 11) is 3.89. The van der Waals surface area contributed by atoms with E-state index in [-0.39, 0.29) is 11.7 Å². The van der Waals surface area contributed by atoms with Crippen LogP contribution in [0.5, 0.6) is 11.5 Å². The summed E-state index contributed by atoms with van der Waals surface area (Å²) in [5.41, 5.74) is 1.18. The Kier molecular flexibility index (Phi) is 5.15. The molecule has 1 aromatic heterocycles. The fourth-order valence-corrected chi connectivity index (χ4v) is 3.90. The van der Waals surface area contributed by atoms with E-state index in [0.717, 1.165) is 10.2 Å². The second kappa shape index (κ2) is 7.73. The molecular weight excluding hydrogens is 381 g/mol. The number of carbonyl (C=O) groups is 1. The average molecular weight is 401 g/mol. The first-order valence-corrected chi connectivity index (χ1v) is 9.75. The molecule has 146 valence electrons. The van der Waals surface area contributed by atoms with Gasteiger partial charge >= 0.3 is 0 Å². The van der Waals surface area contributed by atoms with E-state index in [4.69, 9.17) is 9.47 Å². The van der Waals surface area contributed by atoms with Gasteiger partial charge in [0.25, 0.3) is 5.91 Å². The summed E-state index contributed by atoms with van der Waals surface area (Å²) in [5, 5.41) is 0.591. The average Bonchev–Trinajstić information content (AvgIpc) is 3.08.